The number of hydrogen-bond acceptors (Lipinski definition) is 4. The third kappa shape index (κ3) is 5.67. The minimum atomic E-state index is -0.277. The zero-order valence-electron chi connectivity index (χ0n) is 16.2. The summed E-state index contributed by atoms with van der Waals surface area (Å²) in [6.07, 6.45) is 1.94. The predicted molar refractivity (Wildman–Crippen MR) is 109 cm³/mol. The Morgan fingerprint density at radius 1 is 1.41 bits per heavy atom. The molecule has 2 amide bonds. The Morgan fingerprint density at radius 2 is 2.26 bits per heavy atom. The van der Waals surface area contributed by atoms with E-state index >= 15 is 0 Å². The number of urea groups is 1. The van der Waals surface area contributed by atoms with Crippen molar-refractivity contribution in [3.05, 3.63) is 33.8 Å². The first-order chi connectivity index (χ1) is 13.0. The van der Waals surface area contributed by atoms with Crippen molar-refractivity contribution in [3.63, 3.8) is 0 Å². The Labute approximate surface area is 170 Å². The van der Waals surface area contributed by atoms with Crippen LogP contribution >= 0.6 is 15.9 Å². The fourth-order valence-corrected chi connectivity index (χ4v) is 4.25. The standard InChI is InChI=1S/C20H30BrN3O3/c1-3-22-19(25)23-11-17-6-7-20(27-17)13-24(8-9-26-14-20)12-16-10-15(2)4-5-18(16)21/h4-5,10,17H,3,6-9,11-14H2,1-2H3,(H2,22,23,25)/t17-,20+/m1/s1. The summed E-state index contributed by atoms with van der Waals surface area (Å²) in [6, 6.07) is 6.33. The molecule has 150 valence electrons. The Bertz CT molecular complexity index is 657. The fraction of sp³-hybridized carbons (Fsp3) is 0.650. The summed E-state index contributed by atoms with van der Waals surface area (Å²) >= 11 is 3.67. The largest absolute Gasteiger partial charge is 0.377 e. The number of halogens is 1. The molecule has 6 nitrogen and oxygen atoms in total. The van der Waals surface area contributed by atoms with Crippen LogP contribution in [-0.4, -0.2) is 62.0 Å². The number of amides is 2. The van der Waals surface area contributed by atoms with Crippen molar-refractivity contribution in [2.24, 2.45) is 0 Å². The first kappa shape index (κ1) is 20.6. The highest BCUT2D eigenvalue weighted by Gasteiger charge is 2.43. The molecule has 0 bridgehead atoms. The first-order valence-corrected chi connectivity index (χ1v) is 10.5. The molecule has 1 aromatic rings. The molecule has 2 aliphatic heterocycles. The predicted octanol–water partition coefficient (Wildman–Crippen LogP) is 2.83. The van der Waals surface area contributed by atoms with E-state index < -0.39 is 0 Å². The van der Waals surface area contributed by atoms with Gasteiger partial charge in [-0.15, -0.1) is 0 Å². The van der Waals surface area contributed by atoms with Gasteiger partial charge in [-0.3, -0.25) is 4.90 Å². The second kappa shape index (κ2) is 9.37. The molecule has 2 aliphatic rings. The van der Waals surface area contributed by atoms with Crippen LogP contribution in [0.5, 0.6) is 0 Å². The van der Waals surface area contributed by atoms with E-state index in [9.17, 15) is 4.79 Å². The summed E-state index contributed by atoms with van der Waals surface area (Å²) in [6.45, 7) is 9.15. The van der Waals surface area contributed by atoms with E-state index in [0.717, 1.165) is 43.6 Å². The molecule has 0 aliphatic carbocycles. The van der Waals surface area contributed by atoms with Crippen LogP contribution in [-0.2, 0) is 16.0 Å². The van der Waals surface area contributed by atoms with Crippen molar-refractivity contribution in [3.8, 4) is 0 Å². The smallest absolute Gasteiger partial charge is 0.314 e. The molecule has 1 spiro atoms. The maximum absolute atomic E-state index is 11.6. The van der Waals surface area contributed by atoms with E-state index in [-0.39, 0.29) is 17.7 Å². The van der Waals surface area contributed by atoms with Crippen LogP contribution in [0.25, 0.3) is 0 Å². The molecule has 3 rings (SSSR count). The van der Waals surface area contributed by atoms with Gasteiger partial charge in [0.25, 0.3) is 0 Å². The van der Waals surface area contributed by atoms with Gasteiger partial charge in [0.15, 0.2) is 0 Å². The normalized spacial score (nSPS) is 26.1. The van der Waals surface area contributed by atoms with Crippen LogP contribution in [0, 0.1) is 6.92 Å². The average molecular weight is 440 g/mol. The maximum atomic E-state index is 11.6. The SMILES string of the molecule is CCNC(=O)NC[C@H]1CC[C@]2(COCCN(Cc3cc(C)ccc3Br)C2)O1. The van der Waals surface area contributed by atoms with Gasteiger partial charge in [0.2, 0.25) is 0 Å². The lowest BCUT2D eigenvalue weighted by atomic mass is 9.99. The Hall–Kier alpha value is -1.15. The van der Waals surface area contributed by atoms with Gasteiger partial charge >= 0.3 is 6.03 Å². The van der Waals surface area contributed by atoms with Gasteiger partial charge in [-0.25, -0.2) is 4.79 Å². The lowest BCUT2D eigenvalue weighted by molar-refractivity contribution is -0.0847. The van der Waals surface area contributed by atoms with E-state index in [4.69, 9.17) is 9.47 Å². The van der Waals surface area contributed by atoms with E-state index in [0.29, 0.717) is 19.7 Å². The van der Waals surface area contributed by atoms with Gasteiger partial charge in [-0.2, -0.15) is 0 Å². The number of ether oxygens (including phenoxy) is 2. The number of rotatable bonds is 5. The summed E-state index contributed by atoms with van der Waals surface area (Å²) in [5.74, 6) is 0. The third-order valence-electron chi connectivity index (χ3n) is 5.19. The highest BCUT2D eigenvalue weighted by molar-refractivity contribution is 9.10. The van der Waals surface area contributed by atoms with Crippen molar-refractivity contribution >= 4 is 22.0 Å². The quantitative estimate of drug-likeness (QED) is 0.740. The summed E-state index contributed by atoms with van der Waals surface area (Å²) in [5, 5.41) is 5.64. The lowest BCUT2D eigenvalue weighted by Crippen LogP contribution is -2.46. The minimum Gasteiger partial charge on any atom is -0.377 e. The topological polar surface area (TPSA) is 62.8 Å². The van der Waals surface area contributed by atoms with Crippen molar-refractivity contribution in [1.82, 2.24) is 15.5 Å². The number of nitrogens with one attached hydrogen (secondary N) is 2. The third-order valence-corrected chi connectivity index (χ3v) is 5.96. The van der Waals surface area contributed by atoms with Crippen LogP contribution in [0.3, 0.4) is 0 Å². The van der Waals surface area contributed by atoms with Crippen LogP contribution in [0.15, 0.2) is 22.7 Å². The van der Waals surface area contributed by atoms with Crippen LogP contribution in [0.2, 0.25) is 0 Å². The van der Waals surface area contributed by atoms with E-state index in [1.807, 2.05) is 6.92 Å². The summed E-state index contributed by atoms with van der Waals surface area (Å²) in [5.41, 5.74) is 2.28. The molecule has 2 saturated heterocycles. The molecule has 2 atom stereocenters. The van der Waals surface area contributed by atoms with Gasteiger partial charge < -0.3 is 20.1 Å². The summed E-state index contributed by atoms with van der Waals surface area (Å²) in [7, 11) is 0. The van der Waals surface area contributed by atoms with Gasteiger partial charge in [-0.1, -0.05) is 33.6 Å². The van der Waals surface area contributed by atoms with Crippen molar-refractivity contribution in [2.45, 2.75) is 44.9 Å². The molecule has 0 unspecified atom stereocenters. The van der Waals surface area contributed by atoms with Crippen LogP contribution in [0.4, 0.5) is 4.79 Å². The molecular weight excluding hydrogens is 410 g/mol. The molecule has 27 heavy (non-hydrogen) atoms. The Balaban J connectivity index is 1.59. The van der Waals surface area contributed by atoms with Gasteiger partial charge in [0, 0.05) is 37.2 Å². The molecule has 2 fully saturated rings. The highest BCUT2D eigenvalue weighted by Crippen LogP contribution is 2.33. The number of benzene rings is 1. The van der Waals surface area contributed by atoms with E-state index in [1.165, 1.54) is 11.1 Å². The van der Waals surface area contributed by atoms with Gasteiger partial charge in [-0.05, 0) is 38.3 Å². The van der Waals surface area contributed by atoms with E-state index in [1.54, 1.807) is 0 Å². The maximum Gasteiger partial charge on any atom is 0.314 e. The molecule has 1 aromatic carbocycles. The van der Waals surface area contributed by atoms with Crippen LogP contribution in [0.1, 0.15) is 30.9 Å². The highest BCUT2D eigenvalue weighted by atomic mass is 79.9. The number of aryl methyl sites for hydroxylation is 1. The lowest BCUT2D eigenvalue weighted by Gasteiger charge is -2.32. The second-order valence-electron chi connectivity index (χ2n) is 7.56. The fourth-order valence-electron chi connectivity index (χ4n) is 3.88. The average Bonchev–Trinajstić information content (AvgIpc) is 2.92. The summed E-state index contributed by atoms with van der Waals surface area (Å²) in [4.78, 5) is 14.0. The number of nitrogens with zero attached hydrogens (tertiary/aromatic N) is 1. The van der Waals surface area contributed by atoms with Crippen molar-refractivity contribution in [2.75, 3.05) is 39.4 Å². The molecule has 0 radical (unpaired) electrons. The summed E-state index contributed by atoms with van der Waals surface area (Å²) < 4.78 is 13.4. The number of carbonyl (C=O) groups excluding carboxylic acids is 1. The van der Waals surface area contributed by atoms with Gasteiger partial charge in [0.1, 0.15) is 5.60 Å². The van der Waals surface area contributed by atoms with Crippen LogP contribution < -0.4 is 10.6 Å². The molecule has 0 aromatic heterocycles. The van der Waals surface area contributed by atoms with Crippen molar-refractivity contribution in [1.29, 1.82) is 0 Å². The van der Waals surface area contributed by atoms with Gasteiger partial charge in [0.05, 0.1) is 19.3 Å². The minimum absolute atomic E-state index is 0.0434. The monoisotopic (exact) mass is 439 g/mol. The zero-order valence-corrected chi connectivity index (χ0v) is 17.8. The zero-order chi connectivity index (χ0) is 19.3. The number of carbonyl (C=O) groups is 1. The van der Waals surface area contributed by atoms with E-state index in [2.05, 4.69) is 56.6 Å². The second-order valence-corrected chi connectivity index (χ2v) is 8.41. The molecule has 7 heteroatoms. The molecular formula is C20H30BrN3O3. The molecule has 2 N–H and O–H groups in total. The first-order valence-electron chi connectivity index (χ1n) is 9.74. The Morgan fingerprint density at radius 3 is 3.07 bits per heavy atom. The Kier molecular flexibility index (Phi) is 7.14. The molecule has 2 heterocycles. The molecule has 0 saturated carbocycles. The number of hydrogen-bond donors (Lipinski definition) is 2. The van der Waals surface area contributed by atoms with Crippen molar-refractivity contribution < 1.29 is 14.3 Å².